The molecule has 2 heteroatoms. The van der Waals surface area contributed by atoms with Gasteiger partial charge in [-0.3, -0.25) is 0 Å². The maximum Gasteiger partial charge on any atom is 0.126 e. The minimum absolute atomic E-state index is 0.0331. The average molecular weight is 189 g/mol. The Morgan fingerprint density at radius 3 is 2.71 bits per heavy atom. The number of benzene rings is 1. The molecule has 0 aliphatic heterocycles. The highest BCUT2D eigenvalue weighted by molar-refractivity contribution is 5.31. The van der Waals surface area contributed by atoms with Crippen LogP contribution in [0.3, 0.4) is 0 Å². The molecule has 1 saturated carbocycles. The quantitative estimate of drug-likeness (QED) is 0.701. The van der Waals surface area contributed by atoms with E-state index in [-0.39, 0.29) is 11.7 Å². The van der Waals surface area contributed by atoms with Crippen LogP contribution in [-0.2, 0) is 0 Å². The van der Waals surface area contributed by atoms with Gasteiger partial charge in [0.25, 0.3) is 0 Å². The first kappa shape index (κ1) is 9.21. The number of nitriles is 1. The van der Waals surface area contributed by atoms with E-state index in [1.807, 2.05) is 0 Å². The van der Waals surface area contributed by atoms with Crippen LogP contribution >= 0.6 is 0 Å². The smallest absolute Gasteiger partial charge is 0.126 e. The van der Waals surface area contributed by atoms with E-state index in [2.05, 4.69) is 6.07 Å². The summed E-state index contributed by atoms with van der Waals surface area (Å²) in [6.45, 7) is 1.74. The lowest BCUT2D eigenvalue weighted by molar-refractivity contribution is 0.615. The Hall–Kier alpha value is -1.36. The van der Waals surface area contributed by atoms with Gasteiger partial charge in [0.15, 0.2) is 0 Å². The van der Waals surface area contributed by atoms with Crippen LogP contribution in [0.25, 0.3) is 0 Å². The predicted molar refractivity (Wildman–Crippen MR) is 52.2 cm³/mol. The number of hydrogen-bond donors (Lipinski definition) is 0. The zero-order valence-corrected chi connectivity index (χ0v) is 8.13. The Morgan fingerprint density at radius 1 is 1.50 bits per heavy atom. The van der Waals surface area contributed by atoms with E-state index in [4.69, 9.17) is 5.26 Å². The van der Waals surface area contributed by atoms with Crippen LogP contribution in [0.15, 0.2) is 18.2 Å². The first-order valence-corrected chi connectivity index (χ1v) is 4.88. The van der Waals surface area contributed by atoms with E-state index in [1.54, 1.807) is 19.1 Å². The van der Waals surface area contributed by atoms with Crippen LogP contribution in [-0.4, -0.2) is 0 Å². The molecule has 1 aliphatic carbocycles. The molecule has 0 aromatic heterocycles. The Morgan fingerprint density at radius 2 is 2.21 bits per heavy atom. The summed E-state index contributed by atoms with van der Waals surface area (Å²) in [5.41, 5.74) is 1.59. The molecule has 0 saturated heterocycles. The largest absolute Gasteiger partial charge is 0.207 e. The highest BCUT2D eigenvalue weighted by atomic mass is 19.1. The van der Waals surface area contributed by atoms with Crippen molar-refractivity contribution >= 4 is 0 Å². The number of hydrogen-bond acceptors (Lipinski definition) is 1. The molecular formula is C12H12FN. The fraction of sp³-hybridized carbons (Fsp3) is 0.417. The van der Waals surface area contributed by atoms with Crippen LogP contribution in [0.5, 0.6) is 0 Å². The Labute approximate surface area is 83.2 Å². The Balaban J connectivity index is 2.31. The molecule has 1 nitrogen and oxygen atoms in total. The third kappa shape index (κ3) is 1.63. The zero-order valence-electron chi connectivity index (χ0n) is 8.13. The van der Waals surface area contributed by atoms with Crippen molar-refractivity contribution in [3.05, 3.63) is 35.1 Å². The molecule has 0 heterocycles. The molecule has 0 radical (unpaired) electrons. The summed E-state index contributed by atoms with van der Waals surface area (Å²) in [4.78, 5) is 0. The minimum Gasteiger partial charge on any atom is -0.207 e. The summed E-state index contributed by atoms with van der Waals surface area (Å²) in [6, 6.07) is 7.28. The van der Waals surface area contributed by atoms with Gasteiger partial charge in [-0.1, -0.05) is 12.1 Å². The van der Waals surface area contributed by atoms with Gasteiger partial charge in [-0.25, -0.2) is 4.39 Å². The van der Waals surface area contributed by atoms with E-state index >= 15 is 0 Å². The zero-order chi connectivity index (χ0) is 10.1. The van der Waals surface area contributed by atoms with Gasteiger partial charge in [-0.05, 0) is 42.9 Å². The molecule has 1 aromatic rings. The van der Waals surface area contributed by atoms with Crippen molar-refractivity contribution in [2.24, 2.45) is 5.92 Å². The van der Waals surface area contributed by atoms with Crippen LogP contribution in [0.1, 0.15) is 29.9 Å². The number of nitrogens with zero attached hydrogens (tertiary/aromatic N) is 1. The summed E-state index contributed by atoms with van der Waals surface area (Å²) < 4.78 is 13.0. The molecule has 0 spiro atoms. The minimum atomic E-state index is -0.193. The SMILES string of the molecule is Cc1cc(C(C#N)C2CC2)ccc1F. The van der Waals surface area contributed by atoms with Crippen molar-refractivity contribution in [1.82, 2.24) is 0 Å². The van der Waals surface area contributed by atoms with Crippen molar-refractivity contribution in [2.75, 3.05) is 0 Å². The fourth-order valence-electron chi connectivity index (χ4n) is 1.74. The molecule has 0 amide bonds. The molecule has 2 rings (SSSR count). The van der Waals surface area contributed by atoms with E-state index < -0.39 is 0 Å². The summed E-state index contributed by atoms with van der Waals surface area (Å²) in [7, 11) is 0. The number of aryl methyl sites for hydroxylation is 1. The lowest BCUT2D eigenvalue weighted by Gasteiger charge is -2.08. The van der Waals surface area contributed by atoms with E-state index in [9.17, 15) is 4.39 Å². The lowest BCUT2D eigenvalue weighted by Crippen LogP contribution is -1.99. The third-order valence-corrected chi connectivity index (χ3v) is 2.77. The normalized spacial score (nSPS) is 17.5. The van der Waals surface area contributed by atoms with Crippen LogP contribution < -0.4 is 0 Å². The molecular weight excluding hydrogens is 177 g/mol. The van der Waals surface area contributed by atoms with Gasteiger partial charge >= 0.3 is 0 Å². The van der Waals surface area contributed by atoms with Gasteiger partial charge in [0.05, 0.1) is 12.0 Å². The topological polar surface area (TPSA) is 23.8 Å². The molecule has 1 fully saturated rings. The Kier molecular flexibility index (Phi) is 2.25. The predicted octanol–water partition coefficient (Wildman–Crippen LogP) is 3.15. The lowest BCUT2D eigenvalue weighted by atomic mass is 9.94. The fourth-order valence-corrected chi connectivity index (χ4v) is 1.74. The molecule has 0 N–H and O–H groups in total. The number of rotatable bonds is 2. The Bertz CT molecular complexity index is 388. The van der Waals surface area contributed by atoms with Crippen molar-refractivity contribution in [3.8, 4) is 6.07 Å². The van der Waals surface area contributed by atoms with Crippen molar-refractivity contribution in [1.29, 1.82) is 5.26 Å². The van der Waals surface area contributed by atoms with Gasteiger partial charge in [-0.15, -0.1) is 0 Å². The molecule has 1 unspecified atom stereocenters. The second-order valence-electron chi connectivity index (χ2n) is 3.95. The van der Waals surface area contributed by atoms with E-state index in [0.29, 0.717) is 11.5 Å². The number of halogens is 1. The first-order valence-electron chi connectivity index (χ1n) is 4.88. The van der Waals surface area contributed by atoms with Gasteiger partial charge in [-0.2, -0.15) is 5.26 Å². The highest BCUT2D eigenvalue weighted by Gasteiger charge is 2.32. The summed E-state index contributed by atoms with van der Waals surface area (Å²) in [6.07, 6.45) is 2.27. The van der Waals surface area contributed by atoms with Gasteiger partial charge in [0.1, 0.15) is 5.82 Å². The maximum absolute atomic E-state index is 13.0. The molecule has 72 valence electrons. The van der Waals surface area contributed by atoms with Crippen LogP contribution in [0, 0.1) is 30.0 Å². The van der Waals surface area contributed by atoms with Crippen molar-refractivity contribution in [2.45, 2.75) is 25.7 Å². The molecule has 14 heavy (non-hydrogen) atoms. The van der Waals surface area contributed by atoms with Crippen molar-refractivity contribution < 1.29 is 4.39 Å². The van der Waals surface area contributed by atoms with Crippen molar-refractivity contribution in [3.63, 3.8) is 0 Å². The first-order chi connectivity index (χ1) is 6.72. The van der Waals surface area contributed by atoms with Crippen LogP contribution in [0.2, 0.25) is 0 Å². The van der Waals surface area contributed by atoms with E-state index in [1.165, 1.54) is 6.07 Å². The maximum atomic E-state index is 13.0. The van der Waals surface area contributed by atoms with E-state index in [0.717, 1.165) is 18.4 Å². The van der Waals surface area contributed by atoms with Crippen LogP contribution in [0.4, 0.5) is 4.39 Å². The monoisotopic (exact) mass is 189 g/mol. The van der Waals surface area contributed by atoms with Gasteiger partial charge in [0.2, 0.25) is 0 Å². The highest BCUT2D eigenvalue weighted by Crippen LogP contribution is 2.42. The molecule has 0 bridgehead atoms. The standard InChI is InChI=1S/C12H12FN/c1-8-6-10(4-5-12(8)13)11(7-14)9-2-3-9/h4-6,9,11H,2-3H2,1H3. The third-order valence-electron chi connectivity index (χ3n) is 2.77. The second-order valence-corrected chi connectivity index (χ2v) is 3.95. The molecule has 1 aromatic carbocycles. The summed E-state index contributed by atoms with van der Waals surface area (Å²) in [5, 5.41) is 9.01. The molecule has 1 aliphatic rings. The molecule has 1 atom stereocenters. The summed E-state index contributed by atoms with van der Waals surface area (Å²) >= 11 is 0. The van der Waals surface area contributed by atoms with Gasteiger partial charge < -0.3 is 0 Å². The average Bonchev–Trinajstić information content (AvgIpc) is 2.96. The van der Waals surface area contributed by atoms with Gasteiger partial charge in [0, 0.05) is 0 Å². The summed E-state index contributed by atoms with van der Waals surface area (Å²) in [5.74, 6) is 0.278. The second kappa shape index (κ2) is 3.42.